The Bertz CT molecular complexity index is 435. The third-order valence-corrected chi connectivity index (χ3v) is 4.51. The first-order valence-electron chi connectivity index (χ1n) is 7.73. The van der Waals surface area contributed by atoms with Crippen LogP contribution >= 0.6 is 0 Å². The zero-order valence-electron chi connectivity index (χ0n) is 12.6. The Morgan fingerprint density at radius 3 is 2.90 bits per heavy atom. The van der Waals surface area contributed by atoms with Crippen molar-refractivity contribution in [1.29, 1.82) is 0 Å². The van der Waals surface area contributed by atoms with E-state index in [0.29, 0.717) is 5.92 Å². The molecule has 1 aliphatic rings. The minimum atomic E-state index is -0.464. The van der Waals surface area contributed by atoms with Gasteiger partial charge in [0.1, 0.15) is 11.9 Å². The highest BCUT2D eigenvalue weighted by Gasteiger charge is 2.33. The van der Waals surface area contributed by atoms with Gasteiger partial charge in [0, 0.05) is 12.0 Å². The van der Waals surface area contributed by atoms with Crippen molar-refractivity contribution in [3.05, 3.63) is 29.8 Å². The van der Waals surface area contributed by atoms with E-state index in [0.717, 1.165) is 37.9 Å². The topological polar surface area (TPSA) is 55.5 Å². The highest BCUT2D eigenvalue weighted by atomic mass is 16.5. The lowest BCUT2D eigenvalue weighted by atomic mass is 9.81. The van der Waals surface area contributed by atoms with Crippen LogP contribution in [0.4, 0.5) is 0 Å². The maximum absolute atomic E-state index is 9.43. The van der Waals surface area contributed by atoms with Crippen LogP contribution in [0.15, 0.2) is 24.3 Å². The van der Waals surface area contributed by atoms with Gasteiger partial charge in [-0.1, -0.05) is 32.0 Å². The molecule has 3 heteroatoms. The average Bonchev–Trinajstić information content (AvgIpc) is 2.47. The van der Waals surface area contributed by atoms with Crippen LogP contribution in [0.5, 0.6) is 5.75 Å². The number of hydrogen-bond donors (Lipinski definition) is 2. The maximum atomic E-state index is 9.43. The molecule has 0 amide bonds. The second-order valence-electron chi connectivity index (χ2n) is 6.20. The highest BCUT2D eigenvalue weighted by molar-refractivity contribution is 5.36. The molecule has 3 unspecified atom stereocenters. The van der Waals surface area contributed by atoms with Crippen molar-refractivity contribution in [3.63, 3.8) is 0 Å². The summed E-state index contributed by atoms with van der Waals surface area (Å²) in [6.07, 6.45) is 4.88. The minimum absolute atomic E-state index is 0.0415. The molecule has 2 rings (SSSR count). The monoisotopic (exact) mass is 277 g/mol. The third-order valence-electron chi connectivity index (χ3n) is 4.51. The van der Waals surface area contributed by atoms with Crippen molar-refractivity contribution >= 4 is 0 Å². The Morgan fingerprint density at radius 1 is 1.45 bits per heavy atom. The second kappa shape index (κ2) is 6.59. The van der Waals surface area contributed by atoms with Crippen molar-refractivity contribution in [3.8, 4) is 5.75 Å². The summed E-state index contributed by atoms with van der Waals surface area (Å²) in [6.45, 7) is 4.46. The van der Waals surface area contributed by atoms with Crippen LogP contribution in [0.3, 0.4) is 0 Å². The zero-order chi connectivity index (χ0) is 14.6. The molecule has 3 atom stereocenters. The average molecular weight is 277 g/mol. The van der Waals surface area contributed by atoms with E-state index in [1.165, 1.54) is 5.56 Å². The molecule has 0 aliphatic heterocycles. The van der Waals surface area contributed by atoms with Gasteiger partial charge in [-0.15, -0.1) is 0 Å². The molecule has 0 radical (unpaired) electrons. The molecule has 0 aromatic heterocycles. The van der Waals surface area contributed by atoms with Crippen LogP contribution in [0, 0.1) is 0 Å². The van der Waals surface area contributed by atoms with Gasteiger partial charge in [0.05, 0.1) is 6.61 Å². The van der Waals surface area contributed by atoms with Crippen LogP contribution < -0.4 is 10.5 Å². The number of para-hydroxylation sites is 1. The van der Waals surface area contributed by atoms with Gasteiger partial charge in [0.2, 0.25) is 0 Å². The summed E-state index contributed by atoms with van der Waals surface area (Å²) in [7, 11) is 0. The Labute approximate surface area is 122 Å². The van der Waals surface area contributed by atoms with Crippen LogP contribution in [-0.2, 0) is 0 Å². The molecular weight excluding hydrogens is 250 g/mol. The SMILES string of the molecule is CCC(C)c1ccccc1OC1CCCC(N)(CO)C1. The van der Waals surface area contributed by atoms with Crippen molar-refractivity contribution in [2.24, 2.45) is 5.73 Å². The van der Waals surface area contributed by atoms with Crippen LogP contribution in [0.2, 0.25) is 0 Å². The predicted molar refractivity (Wildman–Crippen MR) is 82.0 cm³/mol. The van der Waals surface area contributed by atoms with Gasteiger partial charge >= 0.3 is 0 Å². The lowest BCUT2D eigenvalue weighted by molar-refractivity contribution is 0.0721. The van der Waals surface area contributed by atoms with E-state index in [-0.39, 0.29) is 12.7 Å². The number of benzene rings is 1. The molecule has 3 N–H and O–H groups in total. The Hall–Kier alpha value is -1.06. The number of aliphatic hydroxyl groups excluding tert-OH is 1. The Balaban J connectivity index is 2.10. The largest absolute Gasteiger partial charge is 0.490 e. The Morgan fingerprint density at radius 2 is 2.20 bits per heavy atom. The van der Waals surface area contributed by atoms with E-state index in [1.54, 1.807) is 0 Å². The number of nitrogens with two attached hydrogens (primary N) is 1. The van der Waals surface area contributed by atoms with E-state index in [2.05, 4.69) is 26.0 Å². The molecular formula is C17H27NO2. The Kier molecular flexibility index (Phi) is 5.06. The fourth-order valence-electron chi connectivity index (χ4n) is 2.98. The van der Waals surface area contributed by atoms with Gasteiger partial charge in [-0.05, 0) is 43.2 Å². The summed E-state index contributed by atoms with van der Waals surface area (Å²) >= 11 is 0. The minimum Gasteiger partial charge on any atom is -0.490 e. The molecule has 0 spiro atoms. The number of ether oxygens (including phenoxy) is 1. The van der Waals surface area contributed by atoms with Gasteiger partial charge in [0.15, 0.2) is 0 Å². The molecule has 1 aromatic rings. The van der Waals surface area contributed by atoms with Crippen molar-refractivity contribution in [2.45, 2.75) is 63.5 Å². The fourth-order valence-corrected chi connectivity index (χ4v) is 2.98. The first-order valence-corrected chi connectivity index (χ1v) is 7.73. The maximum Gasteiger partial charge on any atom is 0.123 e. The number of aliphatic hydroxyl groups is 1. The summed E-state index contributed by atoms with van der Waals surface area (Å²) in [6, 6.07) is 8.28. The highest BCUT2D eigenvalue weighted by Crippen LogP contribution is 2.33. The van der Waals surface area contributed by atoms with E-state index in [9.17, 15) is 5.11 Å². The first kappa shape index (κ1) is 15.3. The molecule has 3 nitrogen and oxygen atoms in total. The van der Waals surface area contributed by atoms with Crippen molar-refractivity contribution in [1.82, 2.24) is 0 Å². The first-order chi connectivity index (χ1) is 9.58. The molecule has 1 fully saturated rings. The van der Waals surface area contributed by atoms with Crippen LogP contribution in [0.1, 0.15) is 57.4 Å². The second-order valence-corrected chi connectivity index (χ2v) is 6.20. The lowest BCUT2D eigenvalue weighted by Crippen LogP contribution is -2.50. The standard InChI is InChI=1S/C17H27NO2/c1-3-13(2)15-8-4-5-9-16(15)20-14-7-6-10-17(18,11-14)12-19/h4-5,8-9,13-14,19H,3,6-7,10-12,18H2,1-2H3. The smallest absolute Gasteiger partial charge is 0.123 e. The molecule has 1 aliphatic carbocycles. The molecule has 112 valence electrons. The fraction of sp³-hybridized carbons (Fsp3) is 0.647. The van der Waals surface area contributed by atoms with Crippen molar-refractivity contribution < 1.29 is 9.84 Å². The predicted octanol–water partition coefficient (Wildman–Crippen LogP) is 3.21. The van der Waals surface area contributed by atoms with Gasteiger partial charge in [-0.3, -0.25) is 0 Å². The van der Waals surface area contributed by atoms with Gasteiger partial charge in [-0.25, -0.2) is 0 Å². The molecule has 0 saturated heterocycles. The van der Waals surface area contributed by atoms with Gasteiger partial charge in [0.25, 0.3) is 0 Å². The summed E-state index contributed by atoms with van der Waals surface area (Å²) < 4.78 is 6.22. The lowest BCUT2D eigenvalue weighted by Gasteiger charge is -2.37. The van der Waals surface area contributed by atoms with Crippen LogP contribution in [-0.4, -0.2) is 23.4 Å². The molecule has 0 heterocycles. The number of hydrogen-bond acceptors (Lipinski definition) is 3. The van der Waals surface area contributed by atoms with E-state index < -0.39 is 5.54 Å². The quantitative estimate of drug-likeness (QED) is 0.869. The summed E-state index contributed by atoms with van der Waals surface area (Å²) in [5.74, 6) is 1.48. The molecule has 1 aromatic carbocycles. The van der Waals surface area contributed by atoms with E-state index in [1.807, 2.05) is 12.1 Å². The number of rotatable bonds is 5. The normalized spacial score (nSPS) is 28.1. The zero-order valence-corrected chi connectivity index (χ0v) is 12.6. The van der Waals surface area contributed by atoms with Crippen molar-refractivity contribution in [2.75, 3.05) is 6.61 Å². The van der Waals surface area contributed by atoms with Gasteiger partial charge in [-0.2, -0.15) is 0 Å². The molecule has 20 heavy (non-hydrogen) atoms. The molecule has 0 bridgehead atoms. The van der Waals surface area contributed by atoms with Gasteiger partial charge < -0.3 is 15.6 Å². The summed E-state index contributed by atoms with van der Waals surface area (Å²) in [4.78, 5) is 0. The summed E-state index contributed by atoms with van der Waals surface area (Å²) in [5, 5.41) is 9.43. The third kappa shape index (κ3) is 3.53. The molecule has 1 saturated carbocycles. The van der Waals surface area contributed by atoms with E-state index >= 15 is 0 Å². The van der Waals surface area contributed by atoms with E-state index in [4.69, 9.17) is 10.5 Å². The summed E-state index contributed by atoms with van der Waals surface area (Å²) in [5.41, 5.74) is 7.00. The van der Waals surface area contributed by atoms with Crippen LogP contribution in [0.25, 0.3) is 0 Å².